The fourth-order valence-electron chi connectivity index (χ4n) is 4.89. The van der Waals surface area contributed by atoms with Crippen molar-refractivity contribution < 1.29 is 13.9 Å². The van der Waals surface area contributed by atoms with Gasteiger partial charge in [0.1, 0.15) is 17.4 Å². The predicted octanol–water partition coefficient (Wildman–Crippen LogP) is 3.67. The normalized spacial score (nSPS) is 26.7. The fourth-order valence-corrected chi connectivity index (χ4v) is 4.89. The Morgan fingerprint density at radius 1 is 1.34 bits per heavy atom. The van der Waals surface area contributed by atoms with Crippen molar-refractivity contribution in [2.24, 2.45) is 17.6 Å². The summed E-state index contributed by atoms with van der Waals surface area (Å²) in [5.74, 6) is 1.24. The third kappa shape index (κ3) is 4.03. The molecule has 2 aliphatic rings. The lowest BCUT2D eigenvalue weighted by Gasteiger charge is -2.29. The number of nitrogens with two attached hydrogens (primary N) is 1. The van der Waals surface area contributed by atoms with Crippen molar-refractivity contribution in [2.45, 2.75) is 64.1 Å². The number of ether oxygens (including phenoxy) is 1. The number of benzene rings is 1. The van der Waals surface area contributed by atoms with Crippen molar-refractivity contribution in [3.63, 3.8) is 0 Å². The average Bonchev–Trinajstić information content (AvgIpc) is 3.37. The summed E-state index contributed by atoms with van der Waals surface area (Å²) < 4.78 is 20.1. The monoisotopic (exact) mass is 402 g/mol. The highest BCUT2D eigenvalue weighted by Crippen LogP contribution is 2.35. The standard InChI is InChI=1S/C22H31FN4O2/c1-13-5-7-14(8-6-13)19(24)21-25-16-10-9-15(18(23)20(16)26-21)12-27-11-3-4-17(27)22(28)29-2/h9-10,13-14,17,19H,3-8,11-12,24H2,1-2H3,(H,25,26)/t13?,14?,17-,19?/m1/s1. The fraction of sp³-hybridized carbons (Fsp3) is 0.636. The SMILES string of the molecule is COC(=O)[C@H]1CCCN1Cc1ccc2[nH]c(C(N)C3CCC(C)CC3)nc2c1F. The number of hydrogen-bond donors (Lipinski definition) is 2. The number of fused-ring (bicyclic) bond motifs is 1. The van der Waals surface area contributed by atoms with Gasteiger partial charge in [-0.3, -0.25) is 9.69 Å². The number of nitrogens with zero attached hydrogens (tertiary/aromatic N) is 2. The molecule has 2 aromatic rings. The molecule has 1 saturated carbocycles. The maximum absolute atomic E-state index is 15.2. The minimum Gasteiger partial charge on any atom is -0.468 e. The van der Waals surface area contributed by atoms with E-state index in [1.165, 1.54) is 20.0 Å². The topological polar surface area (TPSA) is 84.2 Å². The number of carbonyl (C=O) groups is 1. The lowest BCUT2D eigenvalue weighted by atomic mass is 9.79. The summed E-state index contributed by atoms with van der Waals surface area (Å²) in [6, 6.07) is 3.15. The molecule has 1 aromatic carbocycles. The molecule has 1 saturated heterocycles. The summed E-state index contributed by atoms with van der Waals surface area (Å²) in [5, 5.41) is 0. The third-order valence-corrected chi connectivity index (χ3v) is 6.79. The number of methoxy groups -OCH3 is 1. The van der Waals surface area contributed by atoms with Gasteiger partial charge in [-0.15, -0.1) is 0 Å². The Hall–Kier alpha value is -1.99. The van der Waals surface area contributed by atoms with Gasteiger partial charge in [0.15, 0.2) is 5.82 Å². The Labute approximate surface area is 171 Å². The minimum atomic E-state index is -0.329. The lowest BCUT2D eigenvalue weighted by Crippen LogP contribution is -2.36. The van der Waals surface area contributed by atoms with Gasteiger partial charge < -0.3 is 15.5 Å². The van der Waals surface area contributed by atoms with Crippen LogP contribution in [0.3, 0.4) is 0 Å². The molecule has 6 nitrogen and oxygen atoms in total. The Kier molecular flexibility index (Phi) is 5.88. The van der Waals surface area contributed by atoms with E-state index in [4.69, 9.17) is 10.5 Å². The molecule has 3 N–H and O–H groups in total. The molecule has 4 rings (SSSR count). The van der Waals surface area contributed by atoms with E-state index in [1.54, 1.807) is 6.07 Å². The van der Waals surface area contributed by atoms with E-state index in [1.807, 2.05) is 11.0 Å². The molecule has 0 radical (unpaired) electrons. The van der Waals surface area contributed by atoms with E-state index in [0.29, 0.717) is 34.9 Å². The highest BCUT2D eigenvalue weighted by Gasteiger charge is 2.32. The van der Waals surface area contributed by atoms with Crippen LogP contribution in [0.4, 0.5) is 4.39 Å². The molecule has 2 atom stereocenters. The van der Waals surface area contributed by atoms with Crippen LogP contribution in [0.1, 0.15) is 62.9 Å². The van der Waals surface area contributed by atoms with Crippen molar-refractivity contribution >= 4 is 17.0 Å². The zero-order valence-electron chi connectivity index (χ0n) is 17.3. The largest absolute Gasteiger partial charge is 0.468 e. The second-order valence-corrected chi connectivity index (χ2v) is 8.75. The second-order valence-electron chi connectivity index (χ2n) is 8.75. The maximum Gasteiger partial charge on any atom is 0.323 e. The smallest absolute Gasteiger partial charge is 0.323 e. The van der Waals surface area contributed by atoms with Crippen LogP contribution in [-0.2, 0) is 16.1 Å². The summed E-state index contributed by atoms with van der Waals surface area (Å²) in [6.45, 7) is 3.41. The van der Waals surface area contributed by atoms with E-state index in [-0.39, 0.29) is 23.9 Å². The van der Waals surface area contributed by atoms with Crippen LogP contribution in [0.2, 0.25) is 0 Å². The van der Waals surface area contributed by atoms with Gasteiger partial charge in [0, 0.05) is 12.1 Å². The highest BCUT2D eigenvalue weighted by molar-refractivity contribution is 5.77. The molecule has 0 amide bonds. The van der Waals surface area contributed by atoms with Crippen molar-refractivity contribution in [1.82, 2.24) is 14.9 Å². The van der Waals surface area contributed by atoms with Gasteiger partial charge in [-0.05, 0) is 50.1 Å². The Bertz CT molecular complexity index is 875. The van der Waals surface area contributed by atoms with Gasteiger partial charge in [0.25, 0.3) is 0 Å². The van der Waals surface area contributed by atoms with Crippen LogP contribution in [0.5, 0.6) is 0 Å². The van der Waals surface area contributed by atoms with Gasteiger partial charge in [0.2, 0.25) is 0 Å². The molecule has 7 heteroatoms. The van der Waals surface area contributed by atoms with E-state index < -0.39 is 0 Å². The van der Waals surface area contributed by atoms with Crippen molar-refractivity contribution in [1.29, 1.82) is 0 Å². The number of H-pyrrole nitrogens is 1. The number of hydrogen-bond acceptors (Lipinski definition) is 5. The quantitative estimate of drug-likeness (QED) is 0.746. The first-order valence-electron chi connectivity index (χ1n) is 10.7. The van der Waals surface area contributed by atoms with Gasteiger partial charge in [0.05, 0.1) is 18.7 Å². The van der Waals surface area contributed by atoms with Gasteiger partial charge >= 0.3 is 5.97 Å². The van der Waals surface area contributed by atoms with E-state index in [0.717, 1.165) is 38.1 Å². The van der Waals surface area contributed by atoms with Crippen molar-refractivity contribution in [2.75, 3.05) is 13.7 Å². The Balaban J connectivity index is 1.54. The third-order valence-electron chi connectivity index (χ3n) is 6.79. The summed E-state index contributed by atoms with van der Waals surface area (Å²) in [7, 11) is 1.40. The van der Waals surface area contributed by atoms with Crippen LogP contribution in [-0.4, -0.2) is 40.5 Å². The number of aromatic amines is 1. The highest BCUT2D eigenvalue weighted by atomic mass is 19.1. The van der Waals surface area contributed by atoms with Gasteiger partial charge in [-0.2, -0.15) is 0 Å². The van der Waals surface area contributed by atoms with Gasteiger partial charge in [-0.25, -0.2) is 9.37 Å². The number of esters is 1. The summed E-state index contributed by atoms with van der Waals surface area (Å²) in [5.41, 5.74) is 8.05. The lowest BCUT2D eigenvalue weighted by molar-refractivity contribution is -0.146. The van der Waals surface area contributed by atoms with Crippen molar-refractivity contribution in [3.8, 4) is 0 Å². The molecular weight excluding hydrogens is 371 g/mol. The Morgan fingerprint density at radius 3 is 2.83 bits per heavy atom. The molecular formula is C22H31FN4O2. The van der Waals surface area contributed by atoms with E-state index in [9.17, 15) is 4.79 Å². The zero-order valence-corrected chi connectivity index (χ0v) is 17.3. The van der Waals surface area contributed by atoms with Crippen molar-refractivity contribution in [3.05, 3.63) is 29.3 Å². The molecule has 1 aliphatic heterocycles. The molecule has 29 heavy (non-hydrogen) atoms. The van der Waals surface area contributed by atoms with Crippen LogP contribution in [0.25, 0.3) is 11.0 Å². The number of rotatable bonds is 5. The molecule has 1 aliphatic carbocycles. The molecule has 2 fully saturated rings. The van der Waals surface area contributed by atoms with Crippen LogP contribution >= 0.6 is 0 Å². The van der Waals surface area contributed by atoms with Crippen LogP contribution in [0, 0.1) is 17.7 Å². The molecule has 1 aromatic heterocycles. The molecule has 2 heterocycles. The van der Waals surface area contributed by atoms with Crippen LogP contribution in [0.15, 0.2) is 12.1 Å². The molecule has 1 unspecified atom stereocenters. The number of imidazole rings is 1. The summed E-state index contributed by atoms with van der Waals surface area (Å²) in [4.78, 5) is 21.7. The molecule has 158 valence electrons. The summed E-state index contributed by atoms with van der Waals surface area (Å²) >= 11 is 0. The first kappa shape index (κ1) is 20.3. The summed E-state index contributed by atoms with van der Waals surface area (Å²) in [6.07, 6.45) is 6.22. The molecule has 0 bridgehead atoms. The number of aromatic nitrogens is 2. The molecule has 0 spiro atoms. The van der Waals surface area contributed by atoms with E-state index in [2.05, 4.69) is 16.9 Å². The number of likely N-dealkylation sites (tertiary alicyclic amines) is 1. The Morgan fingerprint density at radius 2 is 2.10 bits per heavy atom. The first-order valence-corrected chi connectivity index (χ1v) is 10.7. The maximum atomic E-state index is 15.2. The first-order chi connectivity index (χ1) is 14.0. The zero-order chi connectivity index (χ0) is 20.5. The second kappa shape index (κ2) is 8.40. The number of halogens is 1. The number of carbonyl (C=O) groups excluding carboxylic acids is 1. The van der Waals surface area contributed by atoms with Crippen LogP contribution < -0.4 is 5.73 Å². The average molecular weight is 403 g/mol. The predicted molar refractivity (Wildman–Crippen MR) is 110 cm³/mol. The minimum absolute atomic E-state index is 0.194. The van der Waals surface area contributed by atoms with Gasteiger partial charge in [-0.1, -0.05) is 25.8 Å². The van der Waals surface area contributed by atoms with E-state index >= 15 is 4.39 Å². The number of nitrogens with one attached hydrogen (secondary N) is 1.